The molecule has 2 nitrogen and oxygen atoms in total. The molecule has 22 heavy (non-hydrogen) atoms. The molecule has 0 saturated carbocycles. The van der Waals surface area contributed by atoms with Gasteiger partial charge in [-0.2, -0.15) is 4.39 Å². The lowest BCUT2D eigenvalue weighted by Gasteiger charge is -2.14. The zero-order valence-electron chi connectivity index (χ0n) is 10.4. The number of ether oxygens (including phenoxy) is 2. The molecule has 0 aliphatic carbocycles. The third-order valence-electron chi connectivity index (χ3n) is 2.65. The molecule has 0 fully saturated rings. The van der Waals surface area contributed by atoms with Crippen LogP contribution in [0.3, 0.4) is 0 Å². The number of fused-ring (bicyclic) bond motifs is 1. The quantitative estimate of drug-likeness (QED) is 0.598. The zero-order valence-corrected chi connectivity index (χ0v) is 10.4. The maximum Gasteiger partial charge on any atom is 0.573 e. The lowest BCUT2D eigenvalue weighted by atomic mass is 10.1. The first-order valence-electron chi connectivity index (χ1n) is 5.36. The number of rotatable bonds is 2. The van der Waals surface area contributed by atoms with E-state index < -0.39 is 57.7 Å². The highest BCUT2D eigenvalue weighted by Crippen LogP contribution is 2.40. The van der Waals surface area contributed by atoms with Gasteiger partial charge in [-0.3, -0.25) is 0 Å². The number of halogens is 8. The summed E-state index contributed by atoms with van der Waals surface area (Å²) in [5.41, 5.74) is 0. The maximum absolute atomic E-state index is 13.8. The highest BCUT2D eigenvalue weighted by molar-refractivity contribution is 5.88. The van der Waals surface area contributed by atoms with Crippen molar-refractivity contribution in [2.75, 3.05) is 7.11 Å². The minimum atomic E-state index is -5.57. The van der Waals surface area contributed by atoms with Crippen LogP contribution in [0.1, 0.15) is 0 Å². The molecular weight excluding hydrogens is 328 g/mol. The van der Waals surface area contributed by atoms with Crippen LogP contribution in [0.25, 0.3) is 10.8 Å². The van der Waals surface area contributed by atoms with Crippen molar-refractivity contribution in [1.82, 2.24) is 0 Å². The van der Waals surface area contributed by atoms with Crippen molar-refractivity contribution in [1.29, 1.82) is 0 Å². The summed E-state index contributed by atoms with van der Waals surface area (Å²) in [5, 5.41) is -3.06. The van der Waals surface area contributed by atoms with E-state index in [2.05, 4.69) is 9.47 Å². The summed E-state index contributed by atoms with van der Waals surface area (Å²) >= 11 is 0. The standard InChI is InChI=1S/C12H4F8O2/c1-21-4-2-3(13)5-6(7(4)14)8(15)10(17)11(9(5)16)22-12(18,19)20/h2H,1H3. The highest BCUT2D eigenvalue weighted by Gasteiger charge is 2.37. The molecule has 0 heterocycles. The normalized spacial score (nSPS) is 11.9. The Morgan fingerprint density at radius 3 is 1.91 bits per heavy atom. The lowest BCUT2D eigenvalue weighted by molar-refractivity contribution is -0.276. The number of hydrogen-bond acceptors (Lipinski definition) is 2. The van der Waals surface area contributed by atoms with Gasteiger partial charge in [-0.05, 0) is 0 Å². The van der Waals surface area contributed by atoms with Crippen LogP contribution < -0.4 is 9.47 Å². The topological polar surface area (TPSA) is 18.5 Å². The van der Waals surface area contributed by atoms with Crippen LogP contribution in [0.15, 0.2) is 6.07 Å². The van der Waals surface area contributed by atoms with Crippen molar-refractivity contribution in [2.45, 2.75) is 6.36 Å². The van der Waals surface area contributed by atoms with Gasteiger partial charge < -0.3 is 9.47 Å². The minimum absolute atomic E-state index is 0.273. The van der Waals surface area contributed by atoms with E-state index in [1.807, 2.05) is 0 Å². The van der Waals surface area contributed by atoms with Gasteiger partial charge in [-0.15, -0.1) is 13.2 Å². The molecule has 0 atom stereocenters. The summed E-state index contributed by atoms with van der Waals surface area (Å²) in [6.45, 7) is 0. The Labute approximate surface area is 116 Å². The van der Waals surface area contributed by atoms with Gasteiger partial charge in [0.2, 0.25) is 11.6 Å². The summed E-state index contributed by atoms with van der Waals surface area (Å²) in [6.07, 6.45) is -5.57. The SMILES string of the molecule is COc1cc(F)c2c(F)c(OC(F)(F)F)c(F)c(F)c2c1F. The first-order valence-corrected chi connectivity index (χ1v) is 5.36. The second-order valence-corrected chi connectivity index (χ2v) is 3.94. The predicted molar refractivity (Wildman–Crippen MR) is 57.0 cm³/mol. The first-order chi connectivity index (χ1) is 10.1. The number of alkyl halides is 3. The van der Waals surface area contributed by atoms with Gasteiger partial charge in [0.15, 0.2) is 23.2 Å². The monoisotopic (exact) mass is 332 g/mol. The molecule has 0 spiro atoms. The van der Waals surface area contributed by atoms with Gasteiger partial charge >= 0.3 is 6.36 Å². The van der Waals surface area contributed by atoms with Crippen LogP contribution in [0.2, 0.25) is 0 Å². The molecule has 0 saturated heterocycles. The molecule has 0 unspecified atom stereocenters. The molecule has 0 radical (unpaired) electrons. The molecule has 0 aliphatic rings. The van der Waals surface area contributed by atoms with Gasteiger partial charge in [-0.1, -0.05) is 0 Å². The van der Waals surface area contributed by atoms with Crippen molar-refractivity contribution in [3.8, 4) is 11.5 Å². The van der Waals surface area contributed by atoms with Gasteiger partial charge in [0.25, 0.3) is 0 Å². The van der Waals surface area contributed by atoms with E-state index in [-0.39, 0.29) is 6.07 Å². The second kappa shape index (κ2) is 5.18. The largest absolute Gasteiger partial charge is 0.573 e. The fourth-order valence-electron chi connectivity index (χ4n) is 1.80. The Morgan fingerprint density at radius 2 is 1.41 bits per heavy atom. The van der Waals surface area contributed by atoms with Crippen LogP contribution in [0.4, 0.5) is 35.1 Å². The van der Waals surface area contributed by atoms with Crippen LogP contribution in [-0.4, -0.2) is 13.5 Å². The van der Waals surface area contributed by atoms with Crippen molar-refractivity contribution in [3.63, 3.8) is 0 Å². The average Bonchev–Trinajstić information content (AvgIpc) is 2.41. The Bertz CT molecular complexity index is 754. The third-order valence-corrected chi connectivity index (χ3v) is 2.65. The van der Waals surface area contributed by atoms with Crippen molar-refractivity contribution >= 4 is 10.8 Å². The maximum atomic E-state index is 13.8. The van der Waals surface area contributed by atoms with E-state index in [0.29, 0.717) is 0 Å². The molecule has 0 aliphatic heterocycles. The van der Waals surface area contributed by atoms with Crippen LogP contribution in [-0.2, 0) is 0 Å². The van der Waals surface area contributed by atoms with Crippen LogP contribution in [0, 0.1) is 29.1 Å². The van der Waals surface area contributed by atoms with Crippen molar-refractivity contribution in [2.24, 2.45) is 0 Å². The molecule has 2 aromatic rings. The Kier molecular flexibility index (Phi) is 3.80. The molecular formula is C12H4F8O2. The van der Waals surface area contributed by atoms with E-state index in [0.717, 1.165) is 7.11 Å². The molecule has 2 aromatic carbocycles. The van der Waals surface area contributed by atoms with E-state index >= 15 is 0 Å². The van der Waals surface area contributed by atoms with Crippen molar-refractivity contribution in [3.05, 3.63) is 35.2 Å². The van der Waals surface area contributed by atoms with Crippen LogP contribution in [0.5, 0.6) is 11.5 Å². The molecule has 2 rings (SSSR count). The van der Waals surface area contributed by atoms with E-state index in [4.69, 9.17) is 0 Å². The summed E-state index contributed by atoms with van der Waals surface area (Å²) in [5.74, 6) is -13.4. The van der Waals surface area contributed by atoms with Gasteiger partial charge in [-0.25, -0.2) is 17.6 Å². The summed E-state index contributed by atoms with van der Waals surface area (Å²) in [7, 11) is 0.870. The fraction of sp³-hybridized carbons (Fsp3) is 0.167. The van der Waals surface area contributed by atoms with E-state index in [9.17, 15) is 35.1 Å². The zero-order chi connectivity index (χ0) is 16.8. The fourth-order valence-corrected chi connectivity index (χ4v) is 1.80. The predicted octanol–water partition coefficient (Wildman–Crippen LogP) is 4.44. The van der Waals surface area contributed by atoms with Gasteiger partial charge in [0.05, 0.1) is 17.9 Å². The number of hydrogen-bond donors (Lipinski definition) is 0. The first kappa shape index (κ1) is 16.1. The molecule has 0 bridgehead atoms. The summed E-state index contributed by atoms with van der Waals surface area (Å²) < 4.78 is 112. The molecule has 0 aromatic heterocycles. The lowest BCUT2D eigenvalue weighted by Crippen LogP contribution is -2.19. The van der Waals surface area contributed by atoms with E-state index in [1.165, 1.54) is 0 Å². The number of methoxy groups -OCH3 is 1. The summed E-state index contributed by atoms with van der Waals surface area (Å²) in [4.78, 5) is 0. The molecule has 10 heteroatoms. The Hall–Kier alpha value is -2.26. The second-order valence-electron chi connectivity index (χ2n) is 3.94. The molecule has 120 valence electrons. The minimum Gasteiger partial charge on any atom is -0.494 e. The third kappa shape index (κ3) is 2.48. The van der Waals surface area contributed by atoms with Crippen LogP contribution >= 0.6 is 0 Å². The highest BCUT2D eigenvalue weighted by atomic mass is 19.4. The van der Waals surface area contributed by atoms with Gasteiger partial charge in [0, 0.05) is 6.07 Å². The Balaban J connectivity index is 2.93. The van der Waals surface area contributed by atoms with E-state index in [1.54, 1.807) is 0 Å². The molecule has 0 N–H and O–H groups in total. The van der Waals surface area contributed by atoms with Gasteiger partial charge in [0.1, 0.15) is 5.82 Å². The number of benzene rings is 2. The average molecular weight is 332 g/mol. The smallest absolute Gasteiger partial charge is 0.494 e. The Morgan fingerprint density at radius 1 is 0.818 bits per heavy atom. The van der Waals surface area contributed by atoms with Crippen molar-refractivity contribution < 1.29 is 44.6 Å². The summed E-state index contributed by atoms with van der Waals surface area (Å²) in [6, 6.07) is 0.273. The molecule has 0 amide bonds.